The zero-order valence-corrected chi connectivity index (χ0v) is 9.07. The molecule has 1 atom stereocenters. The Morgan fingerprint density at radius 2 is 2.31 bits per heavy atom. The molecule has 13 heavy (non-hydrogen) atoms. The Balaban J connectivity index is 1.87. The van der Waals surface area contributed by atoms with Crippen LogP contribution >= 0.6 is 11.8 Å². The minimum atomic E-state index is 0.626. The highest BCUT2D eigenvalue weighted by molar-refractivity contribution is 8.00. The normalized spacial score (nSPS) is 29.0. The summed E-state index contributed by atoms with van der Waals surface area (Å²) in [5, 5.41) is 8.75. The summed E-state index contributed by atoms with van der Waals surface area (Å²) in [5.41, 5.74) is 0. The molecule has 0 bridgehead atoms. The molecule has 0 radical (unpaired) electrons. The summed E-state index contributed by atoms with van der Waals surface area (Å²) in [6.07, 6.45) is 3.78. The molecular formula is C10H18N2S. The van der Waals surface area contributed by atoms with Crippen LogP contribution in [-0.4, -0.2) is 34.8 Å². The predicted octanol–water partition coefficient (Wildman–Crippen LogP) is 2.20. The lowest BCUT2D eigenvalue weighted by Gasteiger charge is -2.33. The fourth-order valence-electron chi connectivity index (χ4n) is 1.80. The fourth-order valence-corrected chi connectivity index (χ4v) is 2.98. The van der Waals surface area contributed by atoms with Gasteiger partial charge in [-0.3, -0.25) is 5.41 Å². The highest BCUT2D eigenvalue weighted by Gasteiger charge is 2.32. The molecule has 1 saturated heterocycles. The van der Waals surface area contributed by atoms with Crippen LogP contribution in [0.3, 0.4) is 0 Å². The van der Waals surface area contributed by atoms with Crippen LogP contribution in [0.25, 0.3) is 0 Å². The first-order chi connectivity index (χ1) is 6.31. The molecule has 1 saturated carbocycles. The molecule has 3 heteroatoms. The smallest absolute Gasteiger partial charge is 0.0990 e. The molecule has 0 aromatic rings. The number of hydrogen-bond donors (Lipinski definition) is 1. The summed E-state index contributed by atoms with van der Waals surface area (Å²) >= 11 is 2.08. The third-order valence-electron chi connectivity index (χ3n) is 2.90. The predicted molar refractivity (Wildman–Crippen MR) is 58.6 cm³/mol. The highest BCUT2D eigenvalue weighted by Crippen LogP contribution is 2.33. The Bertz CT molecular complexity index is 201. The maximum Gasteiger partial charge on any atom is 0.0990 e. The first kappa shape index (κ1) is 9.38. The highest BCUT2D eigenvalue weighted by atomic mass is 32.2. The Labute approximate surface area is 84.6 Å². The van der Waals surface area contributed by atoms with Gasteiger partial charge in [0.2, 0.25) is 0 Å². The van der Waals surface area contributed by atoms with Crippen LogP contribution in [0, 0.1) is 11.3 Å². The molecule has 1 aliphatic heterocycles. The average Bonchev–Trinajstić information content (AvgIpc) is 3.00. The summed E-state index contributed by atoms with van der Waals surface area (Å²) < 4.78 is 0. The number of amidine groups is 1. The number of nitrogens with one attached hydrogen (secondary N) is 1. The van der Waals surface area contributed by atoms with E-state index in [2.05, 4.69) is 23.6 Å². The van der Waals surface area contributed by atoms with E-state index in [1.807, 2.05) is 0 Å². The van der Waals surface area contributed by atoms with Crippen molar-refractivity contribution in [3.8, 4) is 0 Å². The van der Waals surface area contributed by atoms with E-state index in [1.165, 1.54) is 25.0 Å². The first-order valence-corrected chi connectivity index (χ1v) is 6.31. The summed E-state index contributed by atoms with van der Waals surface area (Å²) in [4.78, 5) is 2.31. The van der Waals surface area contributed by atoms with Gasteiger partial charge < -0.3 is 4.90 Å². The summed E-state index contributed by atoms with van der Waals surface area (Å²) in [5.74, 6) is 2.77. The molecule has 0 aromatic carbocycles. The molecule has 2 fully saturated rings. The molecule has 0 amide bonds. The van der Waals surface area contributed by atoms with Gasteiger partial charge in [-0.1, -0.05) is 6.92 Å². The Hall–Kier alpha value is -0.180. The van der Waals surface area contributed by atoms with Crippen LogP contribution in [0.5, 0.6) is 0 Å². The van der Waals surface area contributed by atoms with Crippen LogP contribution in [-0.2, 0) is 0 Å². The van der Waals surface area contributed by atoms with Crippen molar-refractivity contribution < 1.29 is 0 Å². The average molecular weight is 198 g/mol. The van der Waals surface area contributed by atoms with Gasteiger partial charge in [0.15, 0.2) is 0 Å². The molecule has 1 N–H and O–H groups in total. The van der Waals surface area contributed by atoms with Crippen molar-refractivity contribution in [3.05, 3.63) is 0 Å². The molecule has 2 aliphatic rings. The molecule has 1 heterocycles. The van der Waals surface area contributed by atoms with Crippen LogP contribution in [0.2, 0.25) is 0 Å². The van der Waals surface area contributed by atoms with E-state index in [4.69, 9.17) is 5.41 Å². The van der Waals surface area contributed by atoms with Crippen molar-refractivity contribution in [3.63, 3.8) is 0 Å². The van der Waals surface area contributed by atoms with Crippen molar-refractivity contribution in [1.29, 1.82) is 5.41 Å². The van der Waals surface area contributed by atoms with Gasteiger partial charge in [0.05, 0.1) is 5.84 Å². The largest absolute Gasteiger partial charge is 0.358 e. The summed E-state index contributed by atoms with van der Waals surface area (Å²) in [7, 11) is 0. The molecule has 2 nitrogen and oxygen atoms in total. The standard InChI is InChI=1S/C10H18N2S/c1-2-9-7-12(5-6-13-9)10(11)8-3-4-8/h8-9,11H,2-7H2,1H3. The second kappa shape index (κ2) is 3.91. The van der Waals surface area contributed by atoms with Gasteiger partial charge in [0.1, 0.15) is 0 Å². The van der Waals surface area contributed by atoms with Crippen molar-refractivity contribution in [2.24, 2.45) is 5.92 Å². The lowest BCUT2D eigenvalue weighted by atomic mass is 10.2. The minimum Gasteiger partial charge on any atom is -0.358 e. The van der Waals surface area contributed by atoms with Crippen molar-refractivity contribution >= 4 is 17.6 Å². The molecule has 0 aromatic heterocycles. The number of hydrogen-bond acceptors (Lipinski definition) is 2. The van der Waals surface area contributed by atoms with Gasteiger partial charge in [-0.15, -0.1) is 0 Å². The fraction of sp³-hybridized carbons (Fsp3) is 0.900. The maximum atomic E-state index is 7.98. The Morgan fingerprint density at radius 3 is 2.92 bits per heavy atom. The number of nitrogens with zero attached hydrogens (tertiary/aromatic N) is 1. The Morgan fingerprint density at radius 1 is 1.54 bits per heavy atom. The molecule has 2 rings (SSSR count). The molecule has 1 unspecified atom stereocenters. The van der Waals surface area contributed by atoms with Crippen LogP contribution in [0.4, 0.5) is 0 Å². The van der Waals surface area contributed by atoms with Crippen molar-refractivity contribution in [2.45, 2.75) is 31.4 Å². The zero-order chi connectivity index (χ0) is 9.26. The topological polar surface area (TPSA) is 27.1 Å². The zero-order valence-electron chi connectivity index (χ0n) is 8.25. The van der Waals surface area contributed by atoms with Gasteiger partial charge in [-0.05, 0) is 19.3 Å². The van der Waals surface area contributed by atoms with Gasteiger partial charge in [0, 0.05) is 30.0 Å². The van der Waals surface area contributed by atoms with E-state index in [-0.39, 0.29) is 0 Å². The maximum absolute atomic E-state index is 7.98. The van der Waals surface area contributed by atoms with E-state index < -0.39 is 0 Å². The van der Waals surface area contributed by atoms with Crippen LogP contribution < -0.4 is 0 Å². The minimum absolute atomic E-state index is 0.626. The number of thioether (sulfide) groups is 1. The lowest BCUT2D eigenvalue weighted by Crippen LogP contribution is -2.42. The molecule has 74 valence electrons. The third kappa shape index (κ3) is 2.19. The van der Waals surface area contributed by atoms with E-state index in [0.29, 0.717) is 5.92 Å². The van der Waals surface area contributed by atoms with Gasteiger partial charge in [-0.2, -0.15) is 11.8 Å². The monoisotopic (exact) mass is 198 g/mol. The molecule has 1 aliphatic carbocycles. The van der Waals surface area contributed by atoms with Crippen LogP contribution in [0.1, 0.15) is 26.2 Å². The molecule has 0 spiro atoms. The summed E-state index contributed by atoms with van der Waals surface area (Å²) in [6, 6.07) is 0. The van der Waals surface area contributed by atoms with E-state index >= 15 is 0 Å². The van der Waals surface area contributed by atoms with Gasteiger partial charge >= 0.3 is 0 Å². The van der Waals surface area contributed by atoms with E-state index in [0.717, 1.165) is 24.2 Å². The first-order valence-electron chi connectivity index (χ1n) is 5.26. The summed E-state index contributed by atoms with van der Waals surface area (Å²) in [6.45, 7) is 4.48. The van der Waals surface area contributed by atoms with Crippen molar-refractivity contribution in [1.82, 2.24) is 4.90 Å². The third-order valence-corrected chi connectivity index (χ3v) is 4.27. The van der Waals surface area contributed by atoms with Gasteiger partial charge in [0.25, 0.3) is 0 Å². The van der Waals surface area contributed by atoms with E-state index in [9.17, 15) is 0 Å². The van der Waals surface area contributed by atoms with E-state index in [1.54, 1.807) is 0 Å². The molecular weight excluding hydrogens is 180 g/mol. The lowest BCUT2D eigenvalue weighted by molar-refractivity contribution is 0.410. The second-order valence-electron chi connectivity index (χ2n) is 4.01. The second-order valence-corrected chi connectivity index (χ2v) is 5.41. The number of rotatable bonds is 2. The van der Waals surface area contributed by atoms with Crippen molar-refractivity contribution in [2.75, 3.05) is 18.8 Å². The SMILES string of the molecule is CCC1CN(C(=N)C2CC2)CCS1. The quantitative estimate of drug-likeness (QED) is 0.544. The Kier molecular flexibility index (Phi) is 2.82. The van der Waals surface area contributed by atoms with Crippen LogP contribution in [0.15, 0.2) is 0 Å². The van der Waals surface area contributed by atoms with Gasteiger partial charge in [-0.25, -0.2) is 0 Å².